The number of hydrogen-bond acceptors (Lipinski definition) is 4. The van der Waals surface area contributed by atoms with Crippen LogP contribution in [0, 0.1) is 0 Å². The van der Waals surface area contributed by atoms with Gasteiger partial charge in [0.25, 0.3) is 0 Å². The zero-order valence-corrected chi connectivity index (χ0v) is 11.4. The molecule has 0 saturated heterocycles. The molecule has 3 N–H and O–H groups in total. The summed E-state index contributed by atoms with van der Waals surface area (Å²) in [6.45, 7) is 0.223. The van der Waals surface area contributed by atoms with Gasteiger partial charge in [-0.25, -0.2) is 4.79 Å². The molecule has 2 rings (SSSR count). The number of nitrogen functional groups attached to an aromatic ring is 1. The molecule has 0 spiro atoms. The van der Waals surface area contributed by atoms with Crippen molar-refractivity contribution in [1.82, 2.24) is 4.98 Å². The third-order valence-electron chi connectivity index (χ3n) is 2.42. The second-order valence-electron chi connectivity index (χ2n) is 3.81. The van der Waals surface area contributed by atoms with Crippen LogP contribution in [0.4, 0.5) is 5.69 Å². The second kappa shape index (κ2) is 5.71. The molecular weight excluding hydrogens is 312 g/mol. The molecule has 0 saturated carbocycles. The first kappa shape index (κ1) is 13.4. The number of nitrogens with two attached hydrogens (primary N) is 1. The summed E-state index contributed by atoms with van der Waals surface area (Å²) in [7, 11) is 0. The zero-order chi connectivity index (χ0) is 13.8. The number of anilines is 1. The third kappa shape index (κ3) is 3.45. The Labute approximate surface area is 118 Å². The number of halogens is 1. The summed E-state index contributed by atoms with van der Waals surface area (Å²) in [6.07, 6.45) is 1.66. The lowest BCUT2D eigenvalue weighted by Crippen LogP contribution is -2.03. The molecule has 5 nitrogen and oxygen atoms in total. The first-order valence-electron chi connectivity index (χ1n) is 5.42. The van der Waals surface area contributed by atoms with Crippen LogP contribution >= 0.6 is 15.9 Å². The summed E-state index contributed by atoms with van der Waals surface area (Å²) < 4.78 is 6.37. The van der Waals surface area contributed by atoms with Gasteiger partial charge in [0.1, 0.15) is 12.4 Å². The topological polar surface area (TPSA) is 85.4 Å². The smallest absolute Gasteiger partial charge is 0.335 e. The average Bonchev–Trinajstić information content (AvgIpc) is 2.39. The van der Waals surface area contributed by atoms with E-state index in [4.69, 9.17) is 15.6 Å². The van der Waals surface area contributed by atoms with E-state index in [-0.39, 0.29) is 12.2 Å². The van der Waals surface area contributed by atoms with Crippen molar-refractivity contribution in [3.05, 3.63) is 52.3 Å². The molecule has 2 aromatic rings. The van der Waals surface area contributed by atoms with Gasteiger partial charge < -0.3 is 15.6 Å². The Morgan fingerprint density at radius 3 is 2.79 bits per heavy atom. The van der Waals surface area contributed by atoms with Gasteiger partial charge in [0.15, 0.2) is 0 Å². The Morgan fingerprint density at radius 2 is 2.16 bits per heavy atom. The summed E-state index contributed by atoms with van der Waals surface area (Å²) in [4.78, 5) is 15.0. The van der Waals surface area contributed by atoms with E-state index < -0.39 is 5.97 Å². The molecule has 98 valence electrons. The largest absolute Gasteiger partial charge is 0.485 e. The van der Waals surface area contributed by atoms with Crippen molar-refractivity contribution in [2.24, 2.45) is 0 Å². The first-order valence-corrected chi connectivity index (χ1v) is 6.21. The van der Waals surface area contributed by atoms with Crippen LogP contribution in [0.15, 0.2) is 41.0 Å². The van der Waals surface area contributed by atoms with E-state index in [1.54, 1.807) is 12.3 Å². The number of benzene rings is 1. The van der Waals surface area contributed by atoms with Crippen LogP contribution in [-0.4, -0.2) is 16.1 Å². The van der Waals surface area contributed by atoms with Gasteiger partial charge in [-0.1, -0.05) is 0 Å². The van der Waals surface area contributed by atoms with Gasteiger partial charge in [0, 0.05) is 10.7 Å². The van der Waals surface area contributed by atoms with Crippen molar-refractivity contribution in [3.8, 4) is 5.75 Å². The average molecular weight is 323 g/mol. The SMILES string of the molecule is Nc1ccc(C(=O)O)cc1OCc1ccc(Br)cn1. The number of carbonyl (C=O) groups is 1. The molecule has 1 heterocycles. The maximum absolute atomic E-state index is 10.9. The van der Waals surface area contributed by atoms with E-state index in [1.807, 2.05) is 6.07 Å². The fourth-order valence-electron chi connectivity index (χ4n) is 1.44. The molecular formula is C13H11BrN2O3. The van der Waals surface area contributed by atoms with Gasteiger partial charge in [0.2, 0.25) is 0 Å². The molecule has 1 aromatic heterocycles. The Hall–Kier alpha value is -2.08. The molecule has 0 bridgehead atoms. The minimum Gasteiger partial charge on any atom is -0.485 e. The highest BCUT2D eigenvalue weighted by Gasteiger charge is 2.08. The molecule has 0 fully saturated rings. The van der Waals surface area contributed by atoms with Crippen molar-refractivity contribution in [1.29, 1.82) is 0 Å². The molecule has 19 heavy (non-hydrogen) atoms. The lowest BCUT2D eigenvalue weighted by Gasteiger charge is -2.09. The Bertz CT molecular complexity index is 599. The van der Waals surface area contributed by atoms with Crippen molar-refractivity contribution < 1.29 is 14.6 Å². The summed E-state index contributed by atoms with van der Waals surface area (Å²) in [5, 5.41) is 8.90. The Morgan fingerprint density at radius 1 is 1.37 bits per heavy atom. The second-order valence-corrected chi connectivity index (χ2v) is 4.73. The van der Waals surface area contributed by atoms with E-state index in [2.05, 4.69) is 20.9 Å². The Kier molecular flexibility index (Phi) is 4.01. The number of carboxylic acid groups (broad SMARTS) is 1. The normalized spacial score (nSPS) is 10.2. The van der Waals surface area contributed by atoms with Crippen LogP contribution in [0.3, 0.4) is 0 Å². The molecule has 0 atom stereocenters. The van der Waals surface area contributed by atoms with Gasteiger partial charge >= 0.3 is 5.97 Å². The Balaban J connectivity index is 2.12. The van der Waals surface area contributed by atoms with Crippen molar-refractivity contribution in [3.63, 3.8) is 0 Å². The summed E-state index contributed by atoms with van der Waals surface area (Å²) >= 11 is 3.29. The van der Waals surface area contributed by atoms with Crippen LogP contribution in [0.5, 0.6) is 5.75 Å². The van der Waals surface area contributed by atoms with E-state index in [1.165, 1.54) is 18.2 Å². The van der Waals surface area contributed by atoms with Crippen LogP contribution in [0.2, 0.25) is 0 Å². The summed E-state index contributed by atoms with van der Waals surface area (Å²) in [6, 6.07) is 8.00. The highest BCUT2D eigenvalue weighted by atomic mass is 79.9. The number of aromatic carboxylic acids is 1. The summed E-state index contributed by atoms with van der Waals surface area (Å²) in [5.41, 5.74) is 6.98. The van der Waals surface area contributed by atoms with Gasteiger partial charge in [-0.3, -0.25) is 4.98 Å². The monoisotopic (exact) mass is 322 g/mol. The number of nitrogens with zero attached hydrogens (tertiary/aromatic N) is 1. The van der Waals surface area contributed by atoms with Crippen LogP contribution in [0.25, 0.3) is 0 Å². The fourth-order valence-corrected chi connectivity index (χ4v) is 1.67. The molecule has 0 radical (unpaired) electrons. The minimum absolute atomic E-state index is 0.132. The molecule has 0 aliphatic rings. The lowest BCUT2D eigenvalue weighted by atomic mass is 10.2. The third-order valence-corrected chi connectivity index (χ3v) is 2.89. The van der Waals surface area contributed by atoms with E-state index >= 15 is 0 Å². The van der Waals surface area contributed by atoms with Crippen LogP contribution in [0.1, 0.15) is 16.1 Å². The number of ether oxygens (including phenoxy) is 1. The number of hydrogen-bond donors (Lipinski definition) is 2. The quantitative estimate of drug-likeness (QED) is 0.845. The van der Waals surface area contributed by atoms with Crippen LogP contribution in [-0.2, 0) is 6.61 Å². The number of carboxylic acids is 1. The fraction of sp³-hybridized carbons (Fsp3) is 0.0769. The number of rotatable bonds is 4. The van der Waals surface area contributed by atoms with Crippen molar-refractivity contribution in [2.45, 2.75) is 6.61 Å². The lowest BCUT2D eigenvalue weighted by molar-refractivity contribution is 0.0696. The molecule has 6 heteroatoms. The maximum atomic E-state index is 10.9. The summed E-state index contributed by atoms with van der Waals surface area (Å²) in [5.74, 6) is -0.684. The molecule has 0 aliphatic heterocycles. The number of pyridine rings is 1. The van der Waals surface area contributed by atoms with Crippen LogP contribution < -0.4 is 10.5 Å². The maximum Gasteiger partial charge on any atom is 0.335 e. The molecule has 0 amide bonds. The standard InChI is InChI=1S/C13H11BrN2O3/c14-9-2-3-10(16-6-9)7-19-12-5-8(13(17)18)1-4-11(12)15/h1-6H,7,15H2,(H,17,18). The highest BCUT2D eigenvalue weighted by molar-refractivity contribution is 9.10. The van der Waals surface area contributed by atoms with E-state index in [0.717, 1.165) is 10.2 Å². The molecule has 0 aliphatic carbocycles. The highest BCUT2D eigenvalue weighted by Crippen LogP contribution is 2.23. The predicted octanol–water partition coefficient (Wildman–Crippen LogP) is 2.70. The van der Waals surface area contributed by atoms with Gasteiger partial charge in [-0.15, -0.1) is 0 Å². The van der Waals surface area contributed by atoms with Gasteiger partial charge in [-0.05, 0) is 46.3 Å². The minimum atomic E-state index is -1.02. The van der Waals surface area contributed by atoms with Crippen molar-refractivity contribution in [2.75, 3.05) is 5.73 Å². The number of aromatic nitrogens is 1. The van der Waals surface area contributed by atoms with Crippen molar-refractivity contribution >= 4 is 27.6 Å². The van der Waals surface area contributed by atoms with E-state index in [9.17, 15) is 4.79 Å². The first-order chi connectivity index (χ1) is 9.06. The zero-order valence-electron chi connectivity index (χ0n) is 9.84. The van der Waals surface area contributed by atoms with E-state index in [0.29, 0.717) is 11.4 Å². The molecule has 0 unspecified atom stereocenters. The van der Waals surface area contributed by atoms with Gasteiger partial charge in [0.05, 0.1) is 16.9 Å². The van der Waals surface area contributed by atoms with Gasteiger partial charge in [-0.2, -0.15) is 0 Å². The predicted molar refractivity (Wildman–Crippen MR) is 74.1 cm³/mol. The molecule has 1 aromatic carbocycles.